The highest BCUT2D eigenvalue weighted by Gasteiger charge is 2.39. The molecule has 2 fully saturated rings. The maximum atomic E-state index is 6.13. The summed E-state index contributed by atoms with van der Waals surface area (Å²) in [5.41, 5.74) is 4.77. The van der Waals surface area contributed by atoms with Gasteiger partial charge in [0.1, 0.15) is 5.60 Å². The summed E-state index contributed by atoms with van der Waals surface area (Å²) in [7, 11) is 0. The van der Waals surface area contributed by atoms with Crippen molar-refractivity contribution in [1.82, 2.24) is 15.3 Å². The molecule has 0 saturated carbocycles. The van der Waals surface area contributed by atoms with E-state index in [2.05, 4.69) is 29.3 Å². The monoisotopic (exact) mass is 354 g/mol. The van der Waals surface area contributed by atoms with Crippen molar-refractivity contribution >= 4 is 16.9 Å². The van der Waals surface area contributed by atoms with Gasteiger partial charge < -0.3 is 19.7 Å². The second-order valence-electron chi connectivity index (χ2n) is 7.78. The molecule has 6 nitrogen and oxygen atoms in total. The molecule has 1 aliphatic carbocycles. The maximum absolute atomic E-state index is 6.13. The van der Waals surface area contributed by atoms with Gasteiger partial charge in [0.2, 0.25) is 5.95 Å². The molecule has 0 amide bonds. The van der Waals surface area contributed by atoms with Crippen molar-refractivity contribution in [2.75, 3.05) is 50.9 Å². The fourth-order valence-corrected chi connectivity index (χ4v) is 4.46. The Hall–Kier alpha value is -1.76. The van der Waals surface area contributed by atoms with E-state index in [0.29, 0.717) is 13.2 Å². The molecule has 0 unspecified atom stereocenters. The molecule has 0 radical (unpaired) electrons. The number of hydrogen-bond acceptors (Lipinski definition) is 6. The van der Waals surface area contributed by atoms with Crippen molar-refractivity contribution in [1.29, 1.82) is 0 Å². The van der Waals surface area contributed by atoms with Gasteiger partial charge in [0.15, 0.2) is 0 Å². The number of hydrogen-bond donors (Lipinski definition) is 1. The van der Waals surface area contributed by atoms with E-state index in [1.54, 1.807) is 0 Å². The number of nitrogens with zero attached hydrogens (tertiary/aromatic N) is 3. The zero-order chi connectivity index (χ0) is 17.6. The van der Waals surface area contributed by atoms with Gasteiger partial charge in [0, 0.05) is 25.0 Å². The number of aryl methyl sites for hydroxylation is 3. The fraction of sp³-hybridized carbons (Fsp3) is 0.600. The van der Waals surface area contributed by atoms with Crippen molar-refractivity contribution in [2.45, 2.75) is 31.8 Å². The highest BCUT2D eigenvalue weighted by Crippen LogP contribution is 2.30. The average Bonchev–Trinajstić information content (AvgIpc) is 2.99. The third kappa shape index (κ3) is 2.86. The van der Waals surface area contributed by atoms with Crippen LogP contribution in [0.3, 0.4) is 0 Å². The molecule has 1 spiro atoms. The zero-order valence-electron chi connectivity index (χ0n) is 15.4. The Balaban J connectivity index is 1.49. The number of rotatable bonds is 1. The largest absolute Gasteiger partial charge is 0.377 e. The first-order valence-electron chi connectivity index (χ1n) is 9.70. The topological polar surface area (TPSA) is 59.5 Å². The molecule has 2 aromatic rings. The minimum absolute atomic E-state index is 0.307. The SMILES string of the molecule is Cc1nc(N2CCO[C@]3(CNCCOC3)C2)nc2cc3c(cc12)CCC3. The highest BCUT2D eigenvalue weighted by atomic mass is 16.5. The van der Waals surface area contributed by atoms with Crippen molar-refractivity contribution in [3.8, 4) is 0 Å². The quantitative estimate of drug-likeness (QED) is 0.840. The van der Waals surface area contributed by atoms with Gasteiger partial charge in [-0.05, 0) is 49.4 Å². The molecule has 2 aliphatic heterocycles. The van der Waals surface area contributed by atoms with Crippen LogP contribution in [0.25, 0.3) is 10.9 Å². The lowest BCUT2D eigenvalue weighted by atomic mass is 10.0. The van der Waals surface area contributed by atoms with E-state index in [-0.39, 0.29) is 5.60 Å². The molecular weight excluding hydrogens is 328 g/mol. The van der Waals surface area contributed by atoms with Crippen LogP contribution in [0.15, 0.2) is 12.1 Å². The zero-order valence-corrected chi connectivity index (χ0v) is 15.4. The van der Waals surface area contributed by atoms with Crippen LogP contribution in [0.5, 0.6) is 0 Å². The lowest BCUT2D eigenvalue weighted by Gasteiger charge is -2.41. The normalized spacial score (nSPS) is 26.3. The Bertz CT molecular complexity index is 830. The lowest BCUT2D eigenvalue weighted by molar-refractivity contribution is -0.0915. The first-order valence-corrected chi connectivity index (χ1v) is 9.70. The van der Waals surface area contributed by atoms with Gasteiger partial charge in [0.25, 0.3) is 0 Å². The molecular formula is C20H26N4O2. The molecule has 3 heterocycles. The smallest absolute Gasteiger partial charge is 0.226 e. The minimum atomic E-state index is -0.307. The molecule has 1 atom stereocenters. The Morgan fingerprint density at radius 3 is 2.96 bits per heavy atom. The summed E-state index contributed by atoms with van der Waals surface area (Å²) in [5, 5.41) is 4.62. The summed E-state index contributed by atoms with van der Waals surface area (Å²) in [6.45, 7) is 7.40. The summed E-state index contributed by atoms with van der Waals surface area (Å²) in [5.74, 6) is 0.819. The highest BCUT2D eigenvalue weighted by molar-refractivity contribution is 5.84. The lowest BCUT2D eigenvalue weighted by Crippen LogP contribution is -2.58. The summed E-state index contributed by atoms with van der Waals surface area (Å²) in [4.78, 5) is 12.1. The van der Waals surface area contributed by atoms with E-state index in [4.69, 9.17) is 19.4 Å². The van der Waals surface area contributed by atoms with Gasteiger partial charge in [-0.2, -0.15) is 0 Å². The van der Waals surface area contributed by atoms with Crippen LogP contribution >= 0.6 is 0 Å². The number of fused-ring (bicyclic) bond motifs is 2. The Morgan fingerprint density at radius 2 is 2.04 bits per heavy atom. The maximum Gasteiger partial charge on any atom is 0.226 e. The second-order valence-corrected chi connectivity index (χ2v) is 7.78. The van der Waals surface area contributed by atoms with Crippen LogP contribution in [0.2, 0.25) is 0 Å². The van der Waals surface area contributed by atoms with Crippen molar-refractivity contribution in [3.63, 3.8) is 0 Å². The number of anilines is 1. The van der Waals surface area contributed by atoms with Crippen LogP contribution in [-0.2, 0) is 22.3 Å². The van der Waals surface area contributed by atoms with Crippen LogP contribution < -0.4 is 10.2 Å². The Kier molecular flexibility index (Phi) is 4.07. The molecule has 6 heteroatoms. The van der Waals surface area contributed by atoms with Crippen LogP contribution in [-0.4, -0.2) is 61.6 Å². The van der Waals surface area contributed by atoms with Gasteiger partial charge in [-0.3, -0.25) is 0 Å². The van der Waals surface area contributed by atoms with Gasteiger partial charge >= 0.3 is 0 Å². The molecule has 1 aromatic heterocycles. The molecule has 5 rings (SSSR count). The van der Waals surface area contributed by atoms with Crippen LogP contribution in [0, 0.1) is 6.92 Å². The van der Waals surface area contributed by atoms with E-state index in [1.165, 1.54) is 35.8 Å². The van der Waals surface area contributed by atoms with Crippen molar-refractivity contribution < 1.29 is 9.47 Å². The summed E-state index contributed by atoms with van der Waals surface area (Å²) in [6.07, 6.45) is 3.61. The predicted molar refractivity (Wildman–Crippen MR) is 101 cm³/mol. The van der Waals surface area contributed by atoms with Gasteiger partial charge in [-0.15, -0.1) is 0 Å². The van der Waals surface area contributed by atoms with Gasteiger partial charge in [-0.25, -0.2) is 9.97 Å². The third-order valence-electron chi connectivity index (χ3n) is 5.85. The fourth-order valence-electron chi connectivity index (χ4n) is 4.46. The first kappa shape index (κ1) is 16.4. The third-order valence-corrected chi connectivity index (χ3v) is 5.85. The Morgan fingerprint density at radius 1 is 1.15 bits per heavy atom. The number of ether oxygens (including phenoxy) is 2. The predicted octanol–water partition coefficient (Wildman–Crippen LogP) is 1.62. The van der Waals surface area contributed by atoms with Crippen LogP contribution in [0.1, 0.15) is 23.2 Å². The molecule has 26 heavy (non-hydrogen) atoms. The second kappa shape index (κ2) is 6.44. The minimum Gasteiger partial charge on any atom is -0.377 e. The molecule has 3 aliphatic rings. The van der Waals surface area contributed by atoms with E-state index in [9.17, 15) is 0 Å². The number of benzene rings is 1. The van der Waals surface area contributed by atoms with E-state index >= 15 is 0 Å². The van der Waals surface area contributed by atoms with E-state index < -0.39 is 0 Å². The average molecular weight is 354 g/mol. The van der Waals surface area contributed by atoms with Crippen molar-refractivity contribution in [2.24, 2.45) is 0 Å². The summed E-state index contributed by atoms with van der Waals surface area (Å²) in [6, 6.07) is 4.59. The number of nitrogens with one attached hydrogen (secondary N) is 1. The Labute approximate surface area is 153 Å². The summed E-state index contributed by atoms with van der Waals surface area (Å²) < 4.78 is 11.9. The summed E-state index contributed by atoms with van der Waals surface area (Å²) >= 11 is 0. The molecule has 0 bridgehead atoms. The standard InChI is InChI=1S/C20H26N4O2/c1-14-17-9-15-3-2-4-16(15)10-18(17)23-19(22-14)24-6-8-26-20(12-24)11-21-5-7-25-13-20/h9-10,21H,2-8,11-13H2,1H3/t20-/m1/s1. The van der Waals surface area contributed by atoms with Crippen molar-refractivity contribution in [3.05, 3.63) is 29.0 Å². The molecule has 138 valence electrons. The van der Waals surface area contributed by atoms with Crippen LogP contribution in [0.4, 0.5) is 5.95 Å². The first-order chi connectivity index (χ1) is 12.7. The molecule has 1 aromatic carbocycles. The van der Waals surface area contributed by atoms with E-state index in [0.717, 1.165) is 49.9 Å². The molecule has 2 saturated heterocycles. The number of aromatic nitrogens is 2. The van der Waals surface area contributed by atoms with E-state index in [1.807, 2.05) is 0 Å². The molecule has 1 N–H and O–H groups in total. The number of morpholine rings is 1. The van der Waals surface area contributed by atoms with Gasteiger partial charge in [-0.1, -0.05) is 0 Å². The van der Waals surface area contributed by atoms with Gasteiger partial charge in [0.05, 0.1) is 37.6 Å².